The van der Waals surface area contributed by atoms with Gasteiger partial charge in [-0.1, -0.05) is 25.7 Å². The Morgan fingerprint density at radius 3 is 2.60 bits per heavy atom. The lowest BCUT2D eigenvalue weighted by atomic mass is 10.2. The average molecular weight is 213 g/mol. The molecule has 1 saturated heterocycles. The molecule has 3 nitrogen and oxygen atoms in total. The molecule has 3 heteroatoms. The van der Waals surface area contributed by atoms with E-state index in [0.717, 1.165) is 6.54 Å². The lowest BCUT2D eigenvalue weighted by molar-refractivity contribution is 0.200. The minimum absolute atomic E-state index is 0.321. The molecule has 4 N–H and O–H groups in total. The number of nitrogens with zero attached hydrogens (tertiary/aromatic N) is 1. The third-order valence-electron chi connectivity index (χ3n) is 3.31. The molecule has 0 aromatic carbocycles. The first-order valence-electron chi connectivity index (χ1n) is 6.54. The summed E-state index contributed by atoms with van der Waals surface area (Å²) in [5.41, 5.74) is 11.6. The van der Waals surface area contributed by atoms with Gasteiger partial charge in [0.25, 0.3) is 0 Å². The van der Waals surface area contributed by atoms with Gasteiger partial charge in [0.15, 0.2) is 0 Å². The SMILES string of the molecule is NCCCCCCN1CCCCCC1N. The summed E-state index contributed by atoms with van der Waals surface area (Å²) in [6.07, 6.45) is 10.5. The molecule has 0 aliphatic carbocycles. The minimum atomic E-state index is 0.321. The van der Waals surface area contributed by atoms with Crippen LogP contribution in [0.4, 0.5) is 0 Å². The Morgan fingerprint density at radius 1 is 1.00 bits per heavy atom. The molecule has 90 valence electrons. The highest BCUT2D eigenvalue weighted by molar-refractivity contribution is 4.70. The van der Waals surface area contributed by atoms with E-state index in [1.165, 1.54) is 64.5 Å². The molecule has 1 unspecified atom stereocenters. The first kappa shape index (κ1) is 12.9. The van der Waals surface area contributed by atoms with Crippen LogP contribution in [-0.4, -0.2) is 30.7 Å². The number of unbranched alkanes of at least 4 members (excludes halogenated alkanes) is 3. The summed E-state index contributed by atoms with van der Waals surface area (Å²) in [5.74, 6) is 0. The van der Waals surface area contributed by atoms with Crippen LogP contribution in [0.15, 0.2) is 0 Å². The quantitative estimate of drug-likeness (QED) is 0.660. The fourth-order valence-corrected chi connectivity index (χ4v) is 2.28. The van der Waals surface area contributed by atoms with Crippen molar-refractivity contribution in [1.29, 1.82) is 0 Å². The maximum atomic E-state index is 6.13. The molecule has 0 radical (unpaired) electrons. The molecule has 1 rings (SSSR count). The molecule has 0 bridgehead atoms. The molecular formula is C12H27N3. The van der Waals surface area contributed by atoms with Crippen LogP contribution >= 0.6 is 0 Å². The standard InChI is InChI=1S/C12H27N3/c13-9-5-1-2-6-10-15-11-7-3-4-8-12(15)14/h12H,1-11,13-14H2. The van der Waals surface area contributed by atoms with Gasteiger partial charge in [0.2, 0.25) is 0 Å². The fourth-order valence-electron chi connectivity index (χ4n) is 2.28. The Kier molecular flexibility index (Phi) is 6.98. The first-order chi connectivity index (χ1) is 7.34. The molecule has 0 aromatic heterocycles. The number of hydrogen-bond donors (Lipinski definition) is 2. The summed E-state index contributed by atoms with van der Waals surface area (Å²) in [6.45, 7) is 3.23. The van der Waals surface area contributed by atoms with Crippen molar-refractivity contribution in [3.8, 4) is 0 Å². The lowest BCUT2D eigenvalue weighted by Gasteiger charge is -2.26. The normalized spacial score (nSPS) is 24.0. The molecule has 1 heterocycles. The average Bonchev–Trinajstić information content (AvgIpc) is 2.44. The van der Waals surface area contributed by atoms with Crippen molar-refractivity contribution in [2.75, 3.05) is 19.6 Å². The Bertz CT molecular complexity index is 150. The van der Waals surface area contributed by atoms with Crippen LogP contribution in [0.1, 0.15) is 51.4 Å². The predicted octanol–water partition coefficient (Wildman–Crippen LogP) is 1.67. The van der Waals surface area contributed by atoms with Crippen molar-refractivity contribution in [3.63, 3.8) is 0 Å². The van der Waals surface area contributed by atoms with Gasteiger partial charge < -0.3 is 11.5 Å². The van der Waals surface area contributed by atoms with E-state index in [2.05, 4.69) is 4.90 Å². The third kappa shape index (κ3) is 5.50. The predicted molar refractivity (Wildman–Crippen MR) is 65.5 cm³/mol. The van der Waals surface area contributed by atoms with Crippen molar-refractivity contribution in [1.82, 2.24) is 4.90 Å². The molecular weight excluding hydrogens is 186 g/mol. The second-order valence-corrected chi connectivity index (χ2v) is 4.66. The van der Waals surface area contributed by atoms with Gasteiger partial charge >= 0.3 is 0 Å². The zero-order chi connectivity index (χ0) is 10.9. The molecule has 1 fully saturated rings. The van der Waals surface area contributed by atoms with Gasteiger partial charge in [0, 0.05) is 0 Å². The monoisotopic (exact) mass is 213 g/mol. The number of hydrogen-bond acceptors (Lipinski definition) is 3. The van der Waals surface area contributed by atoms with Crippen LogP contribution in [0.3, 0.4) is 0 Å². The second-order valence-electron chi connectivity index (χ2n) is 4.66. The van der Waals surface area contributed by atoms with Crippen molar-refractivity contribution >= 4 is 0 Å². The van der Waals surface area contributed by atoms with Crippen LogP contribution in [0.25, 0.3) is 0 Å². The van der Waals surface area contributed by atoms with E-state index in [1.54, 1.807) is 0 Å². The zero-order valence-electron chi connectivity index (χ0n) is 9.96. The highest BCUT2D eigenvalue weighted by Gasteiger charge is 2.15. The van der Waals surface area contributed by atoms with Crippen LogP contribution in [0.5, 0.6) is 0 Å². The van der Waals surface area contributed by atoms with Crippen LogP contribution in [0, 0.1) is 0 Å². The third-order valence-corrected chi connectivity index (χ3v) is 3.31. The Morgan fingerprint density at radius 2 is 1.80 bits per heavy atom. The van der Waals surface area contributed by atoms with Gasteiger partial charge in [0.1, 0.15) is 0 Å². The summed E-state index contributed by atoms with van der Waals surface area (Å²) in [4.78, 5) is 2.47. The Labute approximate surface area is 94.2 Å². The van der Waals surface area contributed by atoms with Crippen LogP contribution in [-0.2, 0) is 0 Å². The van der Waals surface area contributed by atoms with Gasteiger partial charge in [0.05, 0.1) is 6.17 Å². The summed E-state index contributed by atoms with van der Waals surface area (Å²) in [6, 6.07) is 0. The summed E-state index contributed by atoms with van der Waals surface area (Å²) >= 11 is 0. The first-order valence-corrected chi connectivity index (χ1v) is 6.54. The summed E-state index contributed by atoms with van der Waals surface area (Å²) in [7, 11) is 0. The van der Waals surface area contributed by atoms with E-state index in [0.29, 0.717) is 6.17 Å². The highest BCUT2D eigenvalue weighted by atomic mass is 15.2. The molecule has 1 aliphatic rings. The van der Waals surface area contributed by atoms with Crippen molar-refractivity contribution in [2.24, 2.45) is 11.5 Å². The number of rotatable bonds is 6. The minimum Gasteiger partial charge on any atom is -0.330 e. The van der Waals surface area contributed by atoms with Gasteiger partial charge in [-0.05, 0) is 45.3 Å². The van der Waals surface area contributed by atoms with Gasteiger partial charge in [-0.25, -0.2) is 0 Å². The van der Waals surface area contributed by atoms with Crippen molar-refractivity contribution < 1.29 is 0 Å². The molecule has 0 amide bonds. The Balaban J connectivity index is 2.07. The number of nitrogens with two attached hydrogens (primary N) is 2. The van der Waals surface area contributed by atoms with E-state index in [1.807, 2.05) is 0 Å². The summed E-state index contributed by atoms with van der Waals surface area (Å²) < 4.78 is 0. The molecule has 0 spiro atoms. The number of likely N-dealkylation sites (tertiary alicyclic amines) is 1. The van der Waals surface area contributed by atoms with E-state index in [9.17, 15) is 0 Å². The highest BCUT2D eigenvalue weighted by Crippen LogP contribution is 2.14. The van der Waals surface area contributed by atoms with E-state index in [4.69, 9.17) is 11.5 Å². The van der Waals surface area contributed by atoms with Gasteiger partial charge in [-0.3, -0.25) is 4.90 Å². The largest absolute Gasteiger partial charge is 0.330 e. The molecule has 1 atom stereocenters. The molecule has 0 saturated carbocycles. The van der Waals surface area contributed by atoms with Crippen LogP contribution in [0.2, 0.25) is 0 Å². The van der Waals surface area contributed by atoms with E-state index >= 15 is 0 Å². The van der Waals surface area contributed by atoms with E-state index < -0.39 is 0 Å². The van der Waals surface area contributed by atoms with Gasteiger partial charge in [-0.2, -0.15) is 0 Å². The lowest BCUT2D eigenvalue weighted by Crippen LogP contribution is -2.41. The molecule has 0 aromatic rings. The Hall–Kier alpha value is -0.120. The fraction of sp³-hybridized carbons (Fsp3) is 1.00. The van der Waals surface area contributed by atoms with Gasteiger partial charge in [-0.15, -0.1) is 0 Å². The van der Waals surface area contributed by atoms with Crippen molar-refractivity contribution in [3.05, 3.63) is 0 Å². The maximum Gasteiger partial charge on any atom is 0.0571 e. The zero-order valence-corrected chi connectivity index (χ0v) is 9.96. The van der Waals surface area contributed by atoms with Crippen molar-refractivity contribution in [2.45, 2.75) is 57.5 Å². The van der Waals surface area contributed by atoms with Crippen LogP contribution < -0.4 is 11.5 Å². The maximum absolute atomic E-state index is 6.13. The smallest absolute Gasteiger partial charge is 0.0571 e. The van der Waals surface area contributed by atoms with E-state index in [-0.39, 0.29) is 0 Å². The topological polar surface area (TPSA) is 55.3 Å². The molecule has 1 aliphatic heterocycles. The second kappa shape index (κ2) is 8.08. The molecule has 15 heavy (non-hydrogen) atoms. The summed E-state index contributed by atoms with van der Waals surface area (Å²) in [5, 5.41) is 0.